The van der Waals surface area contributed by atoms with E-state index >= 15 is 0 Å². The Morgan fingerprint density at radius 2 is 2.00 bits per heavy atom. The number of aromatic nitrogens is 2. The number of benzene rings is 1. The molecule has 1 fully saturated rings. The molecule has 1 saturated heterocycles. The van der Waals surface area contributed by atoms with Gasteiger partial charge in [0.2, 0.25) is 0 Å². The highest BCUT2D eigenvalue weighted by Crippen LogP contribution is 2.22. The van der Waals surface area contributed by atoms with Crippen LogP contribution in [0.5, 0.6) is 0 Å². The summed E-state index contributed by atoms with van der Waals surface area (Å²) in [5, 5.41) is 0. The maximum Gasteiger partial charge on any atom is 0.351 e. The van der Waals surface area contributed by atoms with Crippen molar-refractivity contribution in [1.29, 1.82) is 0 Å². The average molecular weight is 401 g/mol. The molecule has 3 rings (SSSR count). The molecule has 0 unspecified atom stereocenters. The highest BCUT2D eigenvalue weighted by molar-refractivity contribution is 5.77. The van der Waals surface area contributed by atoms with Gasteiger partial charge in [0.05, 0.1) is 12.5 Å². The molecule has 0 amide bonds. The number of esters is 1. The molecule has 0 aliphatic carbocycles. The Morgan fingerprint density at radius 3 is 2.66 bits per heavy atom. The van der Waals surface area contributed by atoms with Gasteiger partial charge in [0, 0.05) is 6.20 Å². The number of nitrogen functional groups attached to an aromatic ring is 1. The lowest BCUT2D eigenvalue weighted by Crippen LogP contribution is -2.29. The summed E-state index contributed by atoms with van der Waals surface area (Å²) >= 11 is 0. The predicted octanol–water partition coefficient (Wildman–Crippen LogP) is 2.24. The molecule has 1 aliphatic heterocycles. The largest absolute Gasteiger partial charge is 0.460 e. The van der Waals surface area contributed by atoms with Crippen molar-refractivity contribution in [2.45, 2.75) is 45.6 Å². The number of carbonyl (C=O) groups is 1. The smallest absolute Gasteiger partial charge is 0.351 e. The minimum Gasteiger partial charge on any atom is -0.460 e. The third-order valence-electron chi connectivity index (χ3n) is 4.73. The molecule has 3 atom stereocenters. The Labute approximate surface area is 169 Å². The van der Waals surface area contributed by atoms with Crippen LogP contribution in [0.25, 0.3) is 0 Å². The van der Waals surface area contributed by atoms with Gasteiger partial charge in [-0.1, -0.05) is 38.1 Å². The molecule has 2 N–H and O–H groups in total. The van der Waals surface area contributed by atoms with E-state index in [1.807, 2.05) is 24.3 Å². The molecule has 1 aromatic heterocycles. The Balaban J connectivity index is 1.51. The highest BCUT2D eigenvalue weighted by atomic mass is 16.7. The van der Waals surface area contributed by atoms with Crippen molar-refractivity contribution in [2.75, 3.05) is 18.9 Å². The Morgan fingerprint density at radius 1 is 1.28 bits per heavy atom. The van der Waals surface area contributed by atoms with E-state index in [4.69, 9.17) is 19.9 Å². The topological polar surface area (TPSA) is 106 Å². The second-order valence-electron chi connectivity index (χ2n) is 7.59. The first kappa shape index (κ1) is 21.0. The number of carbonyl (C=O) groups excluding carboxylic acids is 1. The van der Waals surface area contributed by atoms with Gasteiger partial charge in [-0.3, -0.25) is 9.36 Å². The third-order valence-corrected chi connectivity index (χ3v) is 4.73. The summed E-state index contributed by atoms with van der Waals surface area (Å²) < 4.78 is 17.8. The Hall–Kier alpha value is -2.71. The van der Waals surface area contributed by atoms with E-state index in [1.165, 1.54) is 22.4 Å². The van der Waals surface area contributed by atoms with Gasteiger partial charge in [-0.05, 0) is 36.5 Å². The molecule has 1 aliphatic rings. The van der Waals surface area contributed by atoms with Crippen molar-refractivity contribution < 1.29 is 19.0 Å². The highest BCUT2D eigenvalue weighted by Gasteiger charge is 2.30. The molecule has 0 saturated carbocycles. The maximum atomic E-state index is 12.4. The van der Waals surface area contributed by atoms with Crippen LogP contribution in [0.3, 0.4) is 0 Å². The van der Waals surface area contributed by atoms with Crippen LogP contribution in [0.15, 0.2) is 41.3 Å². The summed E-state index contributed by atoms with van der Waals surface area (Å²) in [5.74, 6) is -0.0342. The van der Waals surface area contributed by atoms with Gasteiger partial charge in [-0.25, -0.2) is 4.79 Å². The van der Waals surface area contributed by atoms with Gasteiger partial charge in [-0.2, -0.15) is 4.98 Å². The molecule has 1 aromatic carbocycles. The summed E-state index contributed by atoms with van der Waals surface area (Å²) in [5.41, 5.74) is 7.11. The van der Waals surface area contributed by atoms with Crippen LogP contribution < -0.4 is 11.4 Å². The van der Waals surface area contributed by atoms with E-state index in [9.17, 15) is 9.59 Å². The summed E-state index contributed by atoms with van der Waals surface area (Å²) in [7, 11) is 0. The fourth-order valence-corrected chi connectivity index (χ4v) is 3.15. The summed E-state index contributed by atoms with van der Waals surface area (Å²) in [6.45, 7) is 6.25. The van der Waals surface area contributed by atoms with Gasteiger partial charge in [0.25, 0.3) is 0 Å². The molecule has 0 spiro atoms. The van der Waals surface area contributed by atoms with Gasteiger partial charge in [-0.15, -0.1) is 0 Å². The maximum absolute atomic E-state index is 12.4. The molecule has 2 heterocycles. The normalized spacial score (nSPS) is 20.0. The van der Waals surface area contributed by atoms with Gasteiger partial charge in [0.15, 0.2) is 12.5 Å². The van der Waals surface area contributed by atoms with Crippen LogP contribution in [0.4, 0.5) is 5.82 Å². The standard InChI is InChI=1S/C21H27N3O5/c1-13(2)10-15-4-6-16(7-5-15)14(3)20(25)28-12-19-27-11-18(29-19)24-9-8-17(22)23-21(24)26/h4-9,13-14,18-19H,10-12H2,1-3H3,(H2,22,23,26)/t14-,18-,19-/m0/s1. The van der Waals surface area contributed by atoms with Crippen LogP contribution in [0.1, 0.15) is 44.0 Å². The van der Waals surface area contributed by atoms with Crippen molar-refractivity contribution in [1.82, 2.24) is 9.55 Å². The quantitative estimate of drug-likeness (QED) is 0.709. The van der Waals surface area contributed by atoms with E-state index in [-0.39, 0.29) is 25.0 Å². The number of anilines is 1. The first-order valence-electron chi connectivity index (χ1n) is 9.70. The van der Waals surface area contributed by atoms with Crippen LogP contribution >= 0.6 is 0 Å². The van der Waals surface area contributed by atoms with E-state index in [0.717, 1.165) is 12.0 Å². The number of nitrogens with zero attached hydrogens (tertiary/aromatic N) is 2. The van der Waals surface area contributed by atoms with Gasteiger partial charge < -0.3 is 19.9 Å². The Bertz CT molecular complexity index is 894. The second kappa shape index (κ2) is 9.19. The lowest BCUT2D eigenvalue weighted by atomic mass is 9.97. The number of nitrogens with two attached hydrogens (primary N) is 1. The molecule has 156 valence electrons. The molecular formula is C21H27N3O5. The number of rotatable bonds is 7. The van der Waals surface area contributed by atoms with E-state index in [2.05, 4.69) is 18.8 Å². The van der Waals surface area contributed by atoms with Crippen molar-refractivity contribution in [3.05, 3.63) is 58.1 Å². The number of ether oxygens (including phenoxy) is 3. The zero-order chi connectivity index (χ0) is 21.0. The minimum atomic E-state index is -0.742. The molecule has 2 aromatic rings. The molecule has 29 heavy (non-hydrogen) atoms. The first-order valence-corrected chi connectivity index (χ1v) is 9.70. The van der Waals surface area contributed by atoms with Crippen LogP contribution in [-0.4, -0.2) is 35.0 Å². The van der Waals surface area contributed by atoms with Gasteiger partial charge in [0.1, 0.15) is 12.4 Å². The molecule has 8 nitrogen and oxygen atoms in total. The summed E-state index contributed by atoms with van der Waals surface area (Å²) in [6.07, 6.45) is 1.13. The molecule has 8 heteroatoms. The van der Waals surface area contributed by atoms with E-state index in [0.29, 0.717) is 5.92 Å². The summed E-state index contributed by atoms with van der Waals surface area (Å²) in [4.78, 5) is 27.9. The Kier molecular flexibility index (Phi) is 6.66. The van der Waals surface area contributed by atoms with Crippen molar-refractivity contribution >= 4 is 11.8 Å². The first-order chi connectivity index (χ1) is 13.8. The van der Waals surface area contributed by atoms with Crippen molar-refractivity contribution in [3.63, 3.8) is 0 Å². The van der Waals surface area contributed by atoms with Crippen molar-refractivity contribution in [2.24, 2.45) is 5.92 Å². The van der Waals surface area contributed by atoms with E-state index < -0.39 is 24.1 Å². The molecule has 0 radical (unpaired) electrons. The zero-order valence-corrected chi connectivity index (χ0v) is 16.9. The van der Waals surface area contributed by atoms with Crippen LogP contribution in [0, 0.1) is 5.92 Å². The number of hydrogen-bond donors (Lipinski definition) is 1. The average Bonchev–Trinajstić information content (AvgIpc) is 3.14. The third kappa shape index (κ3) is 5.42. The lowest BCUT2D eigenvalue weighted by Gasteiger charge is -2.16. The molecule has 0 bridgehead atoms. The molecular weight excluding hydrogens is 374 g/mol. The van der Waals surface area contributed by atoms with Crippen LogP contribution in [-0.2, 0) is 25.4 Å². The monoisotopic (exact) mass is 401 g/mol. The zero-order valence-electron chi connectivity index (χ0n) is 16.9. The van der Waals surface area contributed by atoms with E-state index in [1.54, 1.807) is 6.92 Å². The minimum absolute atomic E-state index is 0.0533. The fraction of sp³-hybridized carbons (Fsp3) is 0.476. The van der Waals surface area contributed by atoms with Crippen molar-refractivity contribution in [3.8, 4) is 0 Å². The lowest BCUT2D eigenvalue weighted by molar-refractivity contribution is -0.160. The second-order valence-corrected chi connectivity index (χ2v) is 7.59. The summed E-state index contributed by atoms with van der Waals surface area (Å²) in [6, 6.07) is 9.52. The van der Waals surface area contributed by atoms with Gasteiger partial charge >= 0.3 is 11.7 Å². The predicted molar refractivity (Wildman–Crippen MR) is 107 cm³/mol. The SMILES string of the molecule is CC(C)Cc1ccc([C@H](C)C(=O)OC[C@H]2OC[C@@H](n3ccc(N)nc3=O)O2)cc1. The van der Waals surface area contributed by atoms with Crippen LogP contribution in [0.2, 0.25) is 0 Å². The number of hydrogen-bond acceptors (Lipinski definition) is 7. The fourth-order valence-electron chi connectivity index (χ4n) is 3.15.